The molecule has 1 aromatic carbocycles. The van der Waals surface area contributed by atoms with Gasteiger partial charge in [0.15, 0.2) is 0 Å². The first-order valence-electron chi connectivity index (χ1n) is 8.84. The highest BCUT2D eigenvalue weighted by Gasteiger charge is 2.59. The van der Waals surface area contributed by atoms with Gasteiger partial charge in [-0.3, -0.25) is 9.36 Å². The minimum atomic E-state index is -0.742. The highest BCUT2D eigenvalue weighted by Crippen LogP contribution is 2.53. The number of halogens is 2. The number of aromatic nitrogens is 2. The summed E-state index contributed by atoms with van der Waals surface area (Å²) in [5, 5.41) is 0.126. The monoisotopic (exact) mass is 379 g/mol. The van der Waals surface area contributed by atoms with Crippen LogP contribution in [0.4, 0.5) is 10.1 Å². The number of hydrogen-bond donors (Lipinski definition) is 2. The summed E-state index contributed by atoms with van der Waals surface area (Å²) in [5.74, 6) is 5.04. The Labute approximate surface area is 152 Å². The van der Waals surface area contributed by atoms with Crippen LogP contribution in [-0.4, -0.2) is 27.4 Å². The van der Waals surface area contributed by atoms with Crippen molar-refractivity contribution in [3.63, 3.8) is 0 Å². The Balaban J connectivity index is 1.85. The zero-order valence-corrected chi connectivity index (χ0v) is 14.8. The molecule has 1 unspecified atom stereocenters. The van der Waals surface area contributed by atoms with Gasteiger partial charge in [0.1, 0.15) is 5.82 Å². The molecule has 1 spiro atoms. The van der Waals surface area contributed by atoms with Crippen molar-refractivity contribution in [1.29, 1.82) is 0 Å². The highest BCUT2D eigenvalue weighted by atomic mass is 35.5. The molecule has 7 nitrogen and oxygen atoms in total. The van der Waals surface area contributed by atoms with Gasteiger partial charge in [-0.1, -0.05) is 11.6 Å². The van der Waals surface area contributed by atoms with Gasteiger partial charge in [0, 0.05) is 18.6 Å². The van der Waals surface area contributed by atoms with Crippen molar-refractivity contribution in [3.05, 3.63) is 37.7 Å². The third-order valence-electron chi connectivity index (χ3n) is 6.08. The van der Waals surface area contributed by atoms with Gasteiger partial charge in [0.25, 0.3) is 5.56 Å². The molecule has 5 rings (SSSR count). The van der Waals surface area contributed by atoms with E-state index in [0.717, 1.165) is 38.2 Å². The van der Waals surface area contributed by atoms with Crippen LogP contribution in [0.1, 0.15) is 38.1 Å². The van der Waals surface area contributed by atoms with E-state index in [-0.39, 0.29) is 39.2 Å². The molecule has 1 aliphatic heterocycles. The van der Waals surface area contributed by atoms with Crippen LogP contribution in [0.5, 0.6) is 0 Å². The van der Waals surface area contributed by atoms with E-state index in [2.05, 4.69) is 0 Å². The highest BCUT2D eigenvalue weighted by molar-refractivity contribution is 6.38. The molecule has 3 aliphatic rings. The number of nitrogens with two attached hydrogens (primary N) is 2. The molecule has 2 atom stereocenters. The van der Waals surface area contributed by atoms with Crippen LogP contribution in [0.2, 0.25) is 5.02 Å². The zero-order valence-electron chi connectivity index (χ0n) is 14.0. The summed E-state index contributed by atoms with van der Waals surface area (Å²) >= 11 is 6.63. The lowest BCUT2D eigenvalue weighted by molar-refractivity contribution is 0.592. The fourth-order valence-electron chi connectivity index (χ4n) is 4.50. The minimum Gasteiger partial charge on any atom is -0.361 e. The van der Waals surface area contributed by atoms with Crippen molar-refractivity contribution in [2.45, 2.75) is 49.7 Å². The second-order valence-corrected chi connectivity index (χ2v) is 8.02. The number of nitrogens with zero attached hydrogens (tertiary/aromatic N) is 3. The number of anilines is 1. The maximum Gasteiger partial charge on any atom is 0.350 e. The lowest BCUT2D eigenvalue weighted by Gasteiger charge is -2.29. The van der Waals surface area contributed by atoms with Crippen LogP contribution in [-0.2, 0) is 0 Å². The first kappa shape index (κ1) is 16.1. The standard InChI is InChI=1S/C17H19ClFN5O2/c18-12-13-9(15(25)24(21)16(26)23(13)8-2-3-8)6-10(19)14(12)22-5-1-4-17(22)7-11(17)20/h6,8,11H,1-5,7,20-21H2/t11-,17?/m0/s1. The van der Waals surface area contributed by atoms with E-state index in [1.54, 1.807) is 0 Å². The third-order valence-corrected chi connectivity index (χ3v) is 6.44. The predicted molar refractivity (Wildman–Crippen MR) is 97.8 cm³/mol. The second kappa shape index (κ2) is 5.01. The molecule has 4 N–H and O–H groups in total. The molecule has 1 aromatic heterocycles. The summed E-state index contributed by atoms with van der Waals surface area (Å²) in [7, 11) is 0. The Kier molecular flexibility index (Phi) is 3.11. The van der Waals surface area contributed by atoms with Crippen LogP contribution >= 0.6 is 11.6 Å². The molecule has 26 heavy (non-hydrogen) atoms. The molecule has 0 amide bonds. The van der Waals surface area contributed by atoms with Crippen LogP contribution in [0.25, 0.3) is 10.9 Å². The van der Waals surface area contributed by atoms with E-state index in [1.165, 1.54) is 4.57 Å². The predicted octanol–water partition coefficient (Wildman–Crippen LogP) is 1.07. The van der Waals surface area contributed by atoms with Crippen LogP contribution < -0.4 is 27.7 Å². The maximum atomic E-state index is 15.0. The Hall–Kier alpha value is -2.06. The molecule has 3 fully saturated rings. The average molecular weight is 380 g/mol. The molecule has 9 heteroatoms. The van der Waals surface area contributed by atoms with Crippen molar-refractivity contribution in [2.24, 2.45) is 5.73 Å². The van der Waals surface area contributed by atoms with E-state index in [4.69, 9.17) is 23.2 Å². The van der Waals surface area contributed by atoms with E-state index in [1.807, 2.05) is 4.90 Å². The van der Waals surface area contributed by atoms with Crippen molar-refractivity contribution < 1.29 is 4.39 Å². The van der Waals surface area contributed by atoms with Crippen LogP contribution in [0.3, 0.4) is 0 Å². The minimum absolute atomic E-state index is 0.0150. The van der Waals surface area contributed by atoms with Crippen molar-refractivity contribution in [2.75, 3.05) is 17.3 Å². The smallest absolute Gasteiger partial charge is 0.350 e. The van der Waals surface area contributed by atoms with E-state index in [0.29, 0.717) is 11.2 Å². The molecule has 2 saturated carbocycles. The number of benzene rings is 1. The van der Waals surface area contributed by atoms with Crippen molar-refractivity contribution in [1.82, 2.24) is 9.24 Å². The van der Waals surface area contributed by atoms with E-state index < -0.39 is 17.1 Å². The maximum absolute atomic E-state index is 15.0. The quantitative estimate of drug-likeness (QED) is 0.760. The van der Waals surface area contributed by atoms with Gasteiger partial charge >= 0.3 is 5.69 Å². The molecular weight excluding hydrogens is 361 g/mol. The van der Waals surface area contributed by atoms with Gasteiger partial charge < -0.3 is 16.5 Å². The Morgan fingerprint density at radius 3 is 2.62 bits per heavy atom. The molecule has 0 radical (unpaired) electrons. The van der Waals surface area contributed by atoms with Crippen LogP contribution in [0.15, 0.2) is 15.7 Å². The molecule has 2 aromatic rings. The summed E-state index contributed by atoms with van der Waals surface area (Å²) in [6, 6.07) is 1.08. The number of hydrogen-bond acceptors (Lipinski definition) is 5. The Morgan fingerprint density at radius 1 is 1.31 bits per heavy atom. The van der Waals surface area contributed by atoms with Crippen molar-refractivity contribution >= 4 is 28.2 Å². The zero-order chi connectivity index (χ0) is 18.4. The molecule has 2 aliphatic carbocycles. The SMILES string of the molecule is N[C@H]1CC12CCCN2c1c(F)cc2c(=O)n(N)c(=O)n(C3CC3)c2c1Cl. The van der Waals surface area contributed by atoms with Gasteiger partial charge in [0.05, 0.1) is 27.2 Å². The normalized spacial score (nSPS) is 27.7. The summed E-state index contributed by atoms with van der Waals surface area (Å²) in [6.45, 7) is 0.650. The molecule has 138 valence electrons. The second-order valence-electron chi connectivity index (χ2n) is 7.65. The molecule has 0 bridgehead atoms. The van der Waals surface area contributed by atoms with E-state index in [9.17, 15) is 9.59 Å². The summed E-state index contributed by atoms with van der Waals surface area (Å²) in [6.07, 6.45) is 4.19. The lowest BCUT2D eigenvalue weighted by atomic mass is 10.1. The number of rotatable bonds is 2. The summed E-state index contributed by atoms with van der Waals surface area (Å²) < 4.78 is 17.0. The van der Waals surface area contributed by atoms with Gasteiger partial charge in [0.2, 0.25) is 0 Å². The van der Waals surface area contributed by atoms with Crippen LogP contribution in [0, 0.1) is 5.82 Å². The fourth-order valence-corrected chi connectivity index (χ4v) is 4.88. The Bertz CT molecular complexity index is 1080. The fraction of sp³-hybridized carbons (Fsp3) is 0.529. The number of fused-ring (bicyclic) bond motifs is 1. The van der Waals surface area contributed by atoms with Gasteiger partial charge in [-0.2, -0.15) is 4.68 Å². The van der Waals surface area contributed by atoms with Crippen molar-refractivity contribution in [3.8, 4) is 0 Å². The largest absolute Gasteiger partial charge is 0.361 e. The summed E-state index contributed by atoms with van der Waals surface area (Å²) in [4.78, 5) is 26.9. The number of nitrogen functional groups attached to an aromatic ring is 1. The molecular formula is C17H19ClFN5O2. The lowest BCUT2D eigenvalue weighted by Crippen LogP contribution is -2.45. The topological polar surface area (TPSA) is 99.3 Å². The summed E-state index contributed by atoms with van der Waals surface area (Å²) in [5.41, 5.74) is 5.02. The van der Waals surface area contributed by atoms with Gasteiger partial charge in [-0.15, -0.1) is 0 Å². The first-order valence-corrected chi connectivity index (χ1v) is 9.22. The average Bonchev–Trinajstić information content (AvgIpc) is 3.49. The van der Waals surface area contributed by atoms with Gasteiger partial charge in [-0.05, 0) is 38.2 Å². The first-order chi connectivity index (χ1) is 12.4. The molecule has 2 heterocycles. The Morgan fingerprint density at radius 2 is 2.00 bits per heavy atom. The van der Waals surface area contributed by atoms with Gasteiger partial charge in [-0.25, -0.2) is 9.18 Å². The third kappa shape index (κ3) is 1.91. The van der Waals surface area contributed by atoms with E-state index >= 15 is 4.39 Å². The molecule has 1 saturated heterocycles.